The highest BCUT2D eigenvalue weighted by atomic mass is 14.7. The zero-order valence-corrected chi connectivity index (χ0v) is 8.64. The second kappa shape index (κ2) is 3.67. The van der Waals surface area contributed by atoms with Crippen molar-refractivity contribution in [2.24, 2.45) is 0 Å². The maximum atomic E-state index is 4.59. The molecule has 16 heavy (non-hydrogen) atoms. The molecule has 0 aliphatic rings. The van der Waals surface area contributed by atoms with Crippen LogP contribution in [-0.4, -0.2) is 4.98 Å². The van der Waals surface area contributed by atoms with E-state index in [0.29, 0.717) is 0 Å². The van der Waals surface area contributed by atoms with Gasteiger partial charge in [-0.15, -0.1) is 0 Å². The van der Waals surface area contributed by atoms with E-state index < -0.39 is 0 Å². The summed E-state index contributed by atoms with van der Waals surface area (Å²) in [6.07, 6.45) is 0. The number of benzene rings is 1. The molecule has 0 atom stereocenters. The van der Waals surface area contributed by atoms with Gasteiger partial charge in [0.15, 0.2) is 0 Å². The number of aromatic nitrogens is 1. The topological polar surface area (TPSA) is 12.9 Å². The molecule has 0 N–H and O–H groups in total. The molecule has 0 aliphatic heterocycles. The third-order valence-electron chi connectivity index (χ3n) is 2.52. The van der Waals surface area contributed by atoms with Crippen LogP contribution in [0.2, 0.25) is 0 Å². The molecule has 3 rings (SSSR count). The summed E-state index contributed by atoms with van der Waals surface area (Å²) in [5.74, 6) is 0. The summed E-state index contributed by atoms with van der Waals surface area (Å²) in [6, 6.07) is 24.0. The summed E-state index contributed by atoms with van der Waals surface area (Å²) in [7, 11) is 0. The Morgan fingerprint density at radius 2 is 1.81 bits per heavy atom. The van der Waals surface area contributed by atoms with Gasteiger partial charge in [-0.3, -0.25) is 0 Å². The van der Waals surface area contributed by atoms with Crippen molar-refractivity contribution in [3.05, 3.63) is 66.7 Å². The Hall–Kier alpha value is -2.33. The second-order valence-electron chi connectivity index (χ2n) is 3.60. The SMILES string of the molecule is c1cccc(-c2ccc3ccccc3n2)c#1. The molecular formula is C15H9N. The smallest absolute Gasteiger partial charge is 0.0793 e. The molecule has 1 nitrogen and oxygen atoms in total. The Labute approximate surface area is 94.4 Å². The highest BCUT2D eigenvalue weighted by Gasteiger charge is 1.99. The first-order chi connectivity index (χ1) is 7.93. The summed E-state index contributed by atoms with van der Waals surface area (Å²) in [4.78, 5) is 4.59. The lowest BCUT2D eigenvalue weighted by Crippen LogP contribution is -1.83. The fourth-order valence-electron chi connectivity index (χ4n) is 1.72. The van der Waals surface area contributed by atoms with E-state index in [1.54, 1.807) is 0 Å². The summed E-state index contributed by atoms with van der Waals surface area (Å²) in [6.45, 7) is 0. The third kappa shape index (κ3) is 1.51. The lowest BCUT2D eigenvalue weighted by molar-refractivity contribution is 1.40. The van der Waals surface area contributed by atoms with Gasteiger partial charge in [-0.05, 0) is 24.3 Å². The van der Waals surface area contributed by atoms with E-state index in [4.69, 9.17) is 0 Å². The summed E-state index contributed by atoms with van der Waals surface area (Å²) in [5, 5.41) is 1.16. The van der Waals surface area contributed by atoms with Crippen LogP contribution in [0.25, 0.3) is 22.2 Å². The Morgan fingerprint density at radius 1 is 0.875 bits per heavy atom. The zero-order valence-electron chi connectivity index (χ0n) is 8.64. The van der Waals surface area contributed by atoms with Crippen LogP contribution in [-0.2, 0) is 0 Å². The summed E-state index contributed by atoms with van der Waals surface area (Å²) < 4.78 is 0. The van der Waals surface area contributed by atoms with Gasteiger partial charge in [-0.1, -0.05) is 42.5 Å². The minimum Gasteiger partial charge on any atom is -0.247 e. The fourth-order valence-corrected chi connectivity index (χ4v) is 1.72. The van der Waals surface area contributed by atoms with E-state index in [-0.39, 0.29) is 0 Å². The van der Waals surface area contributed by atoms with Gasteiger partial charge in [-0.25, -0.2) is 4.98 Å². The maximum Gasteiger partial charge on any atom is 0.0793 e. The number of hydrogen-bond donors (Lipinski definition) is 0. The molecule has 74 valence electrons. The maximum absolute atomic E-state index is 4.59. The molecule has 0 amide bonds. The average molecular weight is 203 g/mol. The molecule has 0 radical (unpaired) electrons. The summed E-state index contributed by atoms with van der Waals surface area (Å²) in [5.41, 5.74) is 2.93. The molecule has 0 aliphatic carbocycles. The fraction of sp³-hybridized carbons (Fsp3) is 0. The first kappa shape index (κ1) is 8.94. The molecular weight excluding hydrogens is 194 g/mol. The normalized spacial score (nSPS) is 10.0. The van der Waals surface area contributed by atoms with Crippen molar-refractivity contribution in [3.63, 3.8) is 0 Å². The average Bonchev–Trinajstić information content (AvgIpc) is 2.39. The zero-order chi connectivity index (χ0) is 10.8. The first-order valence-corrected chi connectivity index (χ1v) is 5.18. The number of para-hydroxylation sites is 1. The van der Waals surface area contributed by atoms with Crippen LogP contribution >= 0.6 is 0 Å². The highest BCUT2D eigenvalue weighted by Crippen LogP contribution is 2.18. The molecule has 3 aromatic rings. The molecule has 0 saturated carbocycles. The van der Waals surface area contributed by atoms with Crippen molar-refractivity contribution in [2.75, 3.05) is 0 Å². The molecule has 1 aromatic heterocycles. The van der Waals surface area contributed by atoms with Gasteiger partial charge in [0, 0.05) is 5.39 Å². The lowest BCUT2D eigenvalue weighted by Gasteiger charge is -2.00. The van der Waals surface area contributed by atoms with Crippen LogP contribution in [0.1, 0.15) is 0 Å². The van der Waals surface area contributed by atoms with Crippen LogP contribution in [0.5, 0.6) is 0 Å². The van der Waals surface area contributed by atoms with Crippen molar-refractivity contribution >= 4 is 10.9 Å². The largest absolute Gasteiger partial charge is 0.247 e. The van der Waals surface area contributed by atoms with Crippen LogP contribution in [0.4, 0.5) is 0 Å². The molecule has 1 heterocycles. The minimum absolute atomic E-state index is 0.940. The quantitative estimate of drug-likeness (QED) is 0.589. The number of hydrogen-bond acceptors (Lipinski definition) is 1. The van der Waals surface area contributed by atoms with Crippen LogP contribution in [0, 0.1) is 12.1 Å². The van der Waals surface area contributed by atoms with Crippen LogP contribution < -0.4 is 0 Å². The summed E-state index contributed by atoms with van der Waals surface area (Å²) >= 11 is 0. The molecule has 0 saturated heterocycles. The van der Waals surface area contributed by atoms with E-state index in [1.807, 2.05) is 42.5 Å². The Kier molecular flexibility index (Phi) is 2.05. The van der Waals surface area contributed by atoms with Crippen molar-refractivity contribution < 1.29 is 0 Å². The molecule has 0 unspecified atom stereocenters. The lowest BCUT2D eigenvalue weighted by atomic mass is 10.1. The number of pyridine rings is 1. The number of rotatable bonds is 1. The second-order valence-corrected chi connectivity index (χ2v) is 3.60. The monoisotopic (exact) mass is 203 g/mol. The van der Waals surface area contributed by atoms with E-state index in [9.17, 15) is 0 Å². The van der Waals surface area contributed by atoms with Crippen LogP contribution in [0.15, 0.2) is 54.6 Å². The van der Waals surface area contributed by atoms with Gasteiger partial charge in [0.2, 0.25) is 0 Å². The van der Waals surface area contributed by atoms with Crippen molar-refractivity contribution in [1.29, 1.82) is 0 Å². The van der Waals surface area contributed by atoms with Gasteiger partial charge < -0.3 is 0 Å². The van der Waals surface area contributed by atoms with Crippen LogP contribution in [0.3, 0.4) is 0 Å². The number of fused-ring (bicyclic) bond motifs is 1. The number of nitrogens with zero attached hydrogens (tertiary/aromatic N) is 1. The highest BCUT2D eigenvalue weighted by molar-refractivity contribution is 5.81. The Balaban J connectivity index is 2.19. The predicted molar refractivity (Wildman–Crippen MR) is 64.9 cm³/mol. The van der Waals surface area contributed by atoms with Gasteiger partial charge in [0.1, 0.15) is 0 Å². The molecule has 1 heteroatoms. The predicted octanol–water partition coefficient (Wildman–Crippen LogP) is 3.50. The van der Waals surface area contributed by atoms with Gasteiger partial charge in [0.05, 0.1) is 16.8 Å². The third-order valence-corrected chi connectivity index (χ3v) is 2.52. The van der Waals surface area contributed by atoms with Crippen molar-refractivity contribution in [1.82, 2.24) is 4.98 Å². The van der Waals surface area contributed by atoms with E-state index >= 15 is 0 Å². The Bertz CT molecular complexity index is 614. The Morgan fingerprint density at radius 3 is 2.69 bits per heavy atom. The van der Waals surface area contributed by atoms with Gasteiger partial charge >= 0.3 is 0 Å². The van der Waals surface area contributed by atoms with E-state index in [1.165, 1.54) is 0 Å². The van der Waals surface area contributed by atoms with E-state index in [2.05, 4.69) is 29.2 Å². The minimum atomic E-state index is 0.940. The molecule has 0 fully saturated rings. The van der Waals surface area contributed by atoms with Gasteiger partial charge in [0.25, 0.3) is 0 Å². The van der Waals surface area contributed by atoms with Crippen molar-refractivity contribution in [3.8, 4) is 11.3 Å². The first-order valence-electron chi connectivity index (χ1n) is 5.18. The van der Waals surface area contributed by atoms with Crippen molar-refractivity contribution in [2.45, 2.75) is 0 Å². The molecule has 0 bridgehead atoms. The molecule has 0 spiro atoms. The standard InChI is InChI=1S/C15H9N/c1-2-6-12(7-3-1)15-11-10-13-8-4-5-9-14(13)16-15/h1-2,4-6,8-11H. The van der Waals surface area contributed by atoms with E-state index in [0.717, 1.165) is 22.2 Å². The van der Waals surface area contributed by atoms with Gasteiger partial charge in [-0.2, -0.15) is 0 Å². The molecule has 2 aromatic carbocycles.